The minimum absolute atomic E-state index is 0.113. The maximum absolute atomic E-state index is 12.3. The number of aromatic nitrogens is 6. The molecule has 0 spiro atoms. The lowest BCUT2D eigenvalue weighted by Gasteiger charge is -2.15. The topological polar surface area (TPSA) is 89.0 Å². The molecule has 0 fully saturated rings. The number of rotatable bonds is 6. The maximum Gasteiger partial charge on any atom is 0.368 e. The molecule has 4 rings (SSSR count). The highest BCUT2D eigenvalue weighted by Crippen LogP contribution is 2.30. The van der Waals surface area contributed by atoms with Gasteiger partial charge in [0.25, 0.3) is 0 Å². The van der Waals surface area contributed by atoms with Crippen molar-refractivity contribution < 1.29 is 9.47 Å². The highest BCUT2D eigenvalue weighted by molar-refractivity contribution is 6.32. The van der Waals surface area contributed by atoms with Crippen LogP contribution in [-0.4, -0.2) is 36.7 Å². The Hall–Kier alpha value is -3.59. The third-order valence-electron chi connectivity index (χ3n) is 4.54. The molecule has 2 aromatic carbocycles. The minimum Gasteiger partial charge on any atom is -0.496 e. The second kappa shape index (κ2) is 8.03. The molecule has 0 saturated heterocycles. The van der Waals surface area contributed by atoms with Gasteiger partial charge >= 0.3 is 5.69 Å². The normalized spacial score (nSPS) is 10.9. The van der Waals surface area contributed by atoms with Crippen molar-refractivity contribution in [1.29, 1.82) is 0 Å². The van der Waals surface area contributed by atoms with E-state index >= 15 is 0 Å². The van der Waals surface area contributed by atoms with Gasteiger partial charge in [-0.15, -0.1) is 0 Å². The van der Waals surface area contributed by atoms with Crippen LogP contribution >= 0.6 is 11.6 Å². The fourth-order valence-corrected chi connectivity index (χ4v) is 3.24. The van der Waals surface area contributed by atoms with E-state index in [1.165, 1.54) is 11.7 Å². The van der Waals surface area contributed by atoms with Crippen LogP contribution in [0.2, 0.25) is 5.02 Å². The zero-order valence-electron chi connectivity index (χ0n) is 16.6. The molecule has 0 aliphatic carbocycles. The Morgan fingerprint density at radius 3 is 2.60 bits per heavy atom. The zero-order chi connectivity index (χ0) is 21.3. The van der Waals surface area contributed by atoms with Crippen molar-refractivity contribution >= 4 is 11.6 Å². The summed E-state index contributed by atoms with van der Waals surface area (Å²) in [4.78, 5) is 12.3. The summed E-state index contributed by atoms with van der Waals surface area (Å²) in [5.74, 6) is 1.05. The van der Waals surface area contributed by atoms with E-state index in [-0.39, 0.29) is 12.3 Å². The number of benzene rings is 2. The first-order valence-electron chi connectivity index (χ1n) is 9.07. The van der Waals surface area contributed by atoms with Gasteiger partial charge in [-0.2, -0.15) is 14.5 Å². The van der Waals surface area contributed by atoms with Gasteiger partial charge in [0, 0.05) is 13.2 Å². The number of aryl methyl sites for hydroxylation is 2. The molecule has 0 aliphatic rings. The van der Waals surface area contributed by atoms with Gasteiger partial charge in [0.1, 0.15) is 18.1 Å². The van der Waals surface area contributed by atoms with Crippen molar-refractivity contribution in [3.05, 3.63) is 75.4 Å². The smallest absolute Gasteiger partial charge is 0.368 e. The average molecular weight is 427 g/mol. The van der Waals surface area contributed by atoms with Crippen molar-refractivity contribution in [2.45, 2.75) is 13.5 Å². The summed E-state index contributed by atoms with van der Waals surface area (Å²) in [6, 6.07) is 10.7. The summed E-state index contributed by atoms with van der Waals surface area (Å²) in [6.45, 7) is 2.08. The zero-order valence-corrected chi connectivity index (χ0v) is 17.4. The molecular weight excluding hydrogens is 408 g/mol. The van der Waals surface area contributed by atoms with Gasteiger partial charge < -0.3 is 9.47 Å². The molecule has 10 heteroatoms. The third-order valence-corrected chi connectivity index (χ3v) is 4.84. The van der Waals surface area contributed by atoms with Gasteiger partial charge in [-0.3, -0.25) is 0 Å². The number of ether oxygens (including phenoxy) is 2. The Bertz CT molecular complexity index is 1260. The molecule has 0 unspecified atom stereocenters. The second-order valence-corrected chi connectivity index (χ2v) is 7.03. The van der Waals surface area contributed by atoms with Crippen LogP contribution in [0.4, 0.5) is 0 Å². The molecule has 0 aliphatic heterocycles. The van der Waals surface area contributed by atoms with Gasteiger partial charge in [-0.25, -0.2) is 9.48 Å². The highest BCUT2D eigenvalue weighted by atomic mass is 35.5. The fourth-order valence-electron chi connectivity index (χ4n) is 3.01. The predicted molar refractivity (Wildman–Crippen MR) is 111 cm³/mol. The molecule has 0 N–H and O–H groups in total. The first kappa shape index (κ1) is 19.7. The van der Waals surface area contributed by atoms with E-state index < -0.39 is 0 Å². The van der Waals surface area contributed by atoms with Crippen molar-refractivity contribution in [2.75, 3.05) is 7.11 Å². The lowest BCUT2D eigenvalue weighted by Crippen LogP contribution is -2.23. The summed E-state index contributed by atoms with van der Waals surface area (Å²) in [5, 5.41) is 12.4. The Kier molecular flexibility index (Phi) is 5.28. The van der Waals surface area contributed by atoms with Gasteiger partial charge in [-0.05, 0) is 53.2 Å². The minimum atomic E-state index is -0.374. The molecule has 0 bridgehead atoms. The van der Waals surface area contributed by atoms with Crippen LogP contribution in [0.1, 0.15) is 11.1 Å². The van der Waals surface area contributed by atoms with Gasteiger partial charge in [0.15, 0.2) is 0 Å². The number of nitrogens with zero attached hydrogens (tertiary/aromatic N) is 6. The van der Waals surface area contributed by atoms with Crippen LogP contribution in [0, 0.1) is 6.92 Å². The monoisotopic (exact) mass is 426 g/mol. The molecule has 4 aromatic rings. The molecule has 2 heterocycles. The maximum atomic E-state index is 12.3. The Labute approximate surface area is 177 Å². The standard InChI is InChI=1S/C20H19ClN6O3/c1-13-10-22-26(11-13)14-7-8-19(16(21)9-14)30-12-15-17(5-4-6-18(15)29-3)27-20(28)25(2)23-24-27/h4-11H,12H2,1-3H3. The Morgan fingerprint density at radius 1 is 1.13 bits per heavy atom. The van der Waals surface area contributed by atoms with Crippen molar-refractivity contribution in [1.82, 2.24) is 29.6 Å². The first-order valence-corrected chi connectivity index (χ1v) is 9.45. The molecule has 30 heavy (non-hydrogen) atoms. The molecule has 2 aromatic heterocycles. The van der Waals surface area contributed by atoms with Crippen LogP contribution in [0.15, 0.2) is 53.6 Å². The first-order chi connectivity index (χ1) is 14.5. The number of hydrogen-bond acceptors (Lipinski definition) is 6. The lowest BCUT2D eigenvalue weighted by molar-refractivity contribution is 0.296. The lowest BCUT2D eigenvalue weighted by atomic mass is 10.1. The van der Waals surface area contributed by atoms with Gasteiger partial charge in [-0.1, -0.05) is 17.7 Å². The highest BCUT2D eigenvalue weighted by Gasteiger charge is 2.16. The van der Waals surface area contributed by atoms with Gasteiger partial charge in [0.05, 0.1) is 35.3 Å². The van der Waals surface area contributed by atoms with E-state index in [9.17, 15) is 4.79 Å². The van der Waals surface area contributed by atoms with Crippen molar-refractivity contribution in [2.24, 2.45) is 7.05 Å². The largest absolute Gasteiger partial charge is 0.496 e. The quantitative estimate of drug-likeness (QED) is 0.471. The Balaban J connectivity index is 1.64. The van der Waals surface area contributed by atoms with Crippen LogP contribution < -0.4 is 15.2 Å². The summed E-state index contributed by atoms with van der Waals surface area (Å²) in [6.07, 6.45) is 3.68. The molecule has 9 nitrogen and oxygen atoms in total. The molecule has 154 valence electrons. The van der Waals surface area contributed by atoms with Crippen LogP contribution in [0.5, 0.6) is 11.5 Å². The summed E-state index contributed by atoms with van der Waals surface area (Å²) in [7, 11) is 3.08. The summed E-state index contributed by atoms with van der Waals surface area (Å²) in [5.41, 5.74) is 2.66. The van der Waals surface area contributed by atoms with Crippen molar-refractivity contribution in [3.63, 3.8) is 0 Å². The number of halogens is 1. The van der Waals surface area contributed by atoms with Gasteiger partial charge in [0.2, 0.25) is 0 Å². The summed E-state index contributed by atoms with van der Waals surface area (Å²) >= 11 is 6.43. The number of hydrogen-bond donors (Lipinski definition) is 0. The molecule has 0 saturated carbocycles. The molecule has 0 radical (unpaired) electrons. The van der Waals surface area contributed by atoms with Crippen LogP contribution in [-0.2, 0) is 13.7 Å². The molecule has 0 atom stereocenters. The predicted octanol–water partition coefficient (Wildman–Crippen LogP) is 2.70. The third kappa shape index (κ3) is 3.67. The van der Waals surface area contributed by atoms with E-state index in [0.29, 0.717) is 27.8 Å². The Morgan fingerprint density at radius 2 is 1.97 bits per heavy atom. The SMILES string of the molecule is COc1cccc(-n2nnn(C)c2=O)c1COc1ccc(-n2cc(C)cn2)cc1Cl. The number of tetrazole rings is 1. The van der Waals surface area contributed by atoms with Crippen LogP contribution in [0.25, 0.3) is 11.4 Å². The molecular formula is C20H19ClN6O3. The fraction of sp³-hybridized carbons (Fsp3) is 0.200. The van der Waals surface area contributed by atoms with Crippen molar-refractivity contribution in [3.8, 4) is 22.9 Å². The van der Waals surface area contributed by atoms with E-state index in [4.69, 9.17) is 21.1 Å². The van der Waals surface area contributed by atoms with E-state index in [1.807, 2.05) is 19.2 Å². The van der Waals surface area contributed by atoms with E-state index in [2.05, 4.69) is 15.5 Å². The van der Waals surface area contributed by atoms with E-state index in [1.54, 1.807) is 48.3 Å². The second-order valence-electron chi connectivity index (χ2n) is 6.62. The van der Waals surface area contributed by atoms with Crippen LogP contribution in [0.3, 0.4) is 0 Å². The molecule has 0 amide bonds. The summed E-state index contributed by atoms with van der Waals surface area (Å²) < 4.78 is 15.5. The number of methoxy groups -OCH3 is 1. The average Bonchev–Trinajstić information content (AvgIpc) is 3.32. The van der Waals surface area contributed by atoms with E-state index in [0.717, 1.165) is 15.9 Å².